The predicted octanol–water partition coefficient (Wildman–Crippen LogP) is 4.38. The number of carbonyl (C=O) groups excluding carboxylic acids is 1. The number of rotatable bonds is 8. The summed E-state index contributed by atoms with van der Waals surface area (Å²) in [7, 11) is 0. The highest BCUT2D eigenvalue weighted by Crippen LogP contribution is 2.39. The summed E-state index contributed by atoms with van der Waals surface area (Å²) in [4.78, 5) is 18.0. The van der Waals surface area contributed by atoms with Gasteiger partial charge < -0.3 is 19.1 Å². The number of alkyl halides is 3. The van der Waals surface area contributed by atoms with E-state index in [1.807, 2.05) is 6.07 Å². The standard InChI is InChI=1S/C22H31F3N2O4/c1-2-29-21(28)8-7-19-14-27(9-10-30-19)18-11-20(13-26-12-18)31-15-16-3-5-17(6-4-16)22(23,24)25/h11-13,16-17,19H,2-10,14-15H2,1H3/t16-,17-,19-/m0/s1. The first-order valence-corrected chi connectivity index (χ1v) is 11.0. The molecule has 1 saturated carbocycles. The van der Waals surface area contributed by atoms with E-state index in [2.05, 4.69) is 9.88 Å². The third-order valence-corrected chi connectivity index (χ3v) is 5.97. The van der Waals surface area contributed by atoms with E-state index in [1.165, 1.54) is 0 Å². The van der Waals surface area contributed by atoms with Gasteiger partial charge in [0.1, 0.15) is 5.75 Å². The summed E-state index contributed by atoms with van der Waals surface area (Å²) in [6, 6.07) is 1.90. The third-order valence-electron chi connectivity index (χ3n) is 5.97. The maximum Gasteiger partial charge on any atom is 0.391 e. The molecule has 1 atom stereocenters. The van der Waals surface area contributed by atoms with Gasteiger partial charge in [-0.15, -0.1) is 0 Å². The van der Waals surface area contributed by atoms with Crippen molar-refractivity contribution in [3.8, 4) is 5.75 Å². The van der Waals surface area contributed by atoms with Crippen LogP contribution in [0.5, 0.6) is 5.75 Å². The van der Waals surface area contributed by atoms with E-state index in [4.69, 9.17) is 14.2 Å². The third kappa shape index (κ3) is 7.26. The van der Waals surface area contributed by atoms with E-state index in [1.54, 1.807) is 19.3 Å². The van der Waals surface area contributed by atoms with Crippen molar-refractivity contribution in [1.29, 1.82) is 0 Å². The first kappa shape index (κ1) is 23.6. The SMILES string of the molecule is CCOC(=O)CC[C@H]1CN(c2cncc(OC[C@H]3CC[C@H](C(F)(F)F)CC3)c2)CCO1. The molecule has 1 aromatic rings. The van der Waals surface area contributed by atoms with Gasteiger partial charge in [0, 0.05) is 25.6 Å². The number of carbonyl (C=O) groups is 1. The number of hydrogen-bond acceptors (Lipinski definition) is 6. The van der Waals surface area contributed by atoms with Gasteiger partial charge in [0.05, 0.1) is 49.9 Å². The number of pyridine rings is 1. The van der Waals surface area contributed by atoms with E-state index < -0.39 is 12.1 Å². The van der Waals surface area contributed by atoms with Crippen molar-refractivity contribution in [2.45, 2.75) is 57.7 Å². The Labute approximate surface area is 181 Å². The molecule has 2 aliphatic rings. The van der Waals surface area contributed by atoms with Gasteiger partial charge in [0.2, 0.25) is 0 Å². The average molecular weight is 444 g/mol. The number of ether oxygens (including phenoxy) is 3. The van der Waals surface area contributed by atoms with Gasteiger partial charge >= 0.3 is 12.1 Å². The lowest BCUT2D eigenvalue weighted by Crippen LogP contribution is -2.42. The summed E-state index contributed by atoms with van der Waals surface area (Å²) in [6.45, 7) is 4.47. The molecule has 2 fully saturated rings. The predicted molar refractivity (Wildman–Crippen MR) is 109 cm³/mol. The van der Waals surface area contributed by atoms with Gasteiger partial charge in [0.15, 0.2) is 0 Å². The molecule has 1 saturated heterocycles. The number of aromatic nitrogens is 1. The first-order chi connectivity index (χ1) is 14.8. The molecule has 0 unspecified atom stereocenters. The molecular formula is C22H31F3N2O4. The fourth-order valence-corrected chi connectivity index (χ4v) is 4.17. The fraction of sp³-hybridized carbons (Fsp3) is 0.727. The number of halogens is 3. The molecule has 9 heteroatoms. The Morgan fingerprint density at radius 1 is 1.26 bits per heavy atom. The molecule has 0 radical (unpaired) electrons. The van der Waals surface area contributed by atoms with Gasteiger partial charge in [-0.2, -0.15) is 13.2 Å². The molecule has 0 N–H and O–H groups in total. The maximum atomic E-state index is 12.8. The summed E-state index contributed by atoms with van der Waals surface area (Å²) in [5, 5.41) is 0. The molecule has 0 amide bonds. The Morgan fingerprint density at radius 3 is 2.74 bits per heavy atom. The molecule has 1 aliphatic heterocycles. The van der Waals surface area contributed by atoms with Crippen molar-refractivity contribution in [2.75, 3.05) is 37.8 Å². The van der Waals surface area contributed by atoms with E-state index in [9.17, 15) is 18.0 Å². The zero-order valence-corrected chi connectivity index (χ0v) is 17.9. The minimum atomic E-state index is -4.09. The van der Waals surface area contributed by atoms with Gasteiger partial charge in [-0.25, -0.2) is 0 Å². The van der Waals surface area contributed by atoms with Crippen molar-refractivity contribution in [3.05, 3.63) is 18.5 Å². The van der Waals surface area contributed by atoms with Gasteiger partial charge in [-0.05, 0) is 44.9 Å². The van der Waals surface area contributed by atoms with Crippen molar-refractivity contribution in [3.63, 3.8) is 0 Å². The molecule has 1 aromatic heterocycles. The Kier molecular flexibility index (Phi) is 8.40. The second-order valence-corrected chi connectivity index (χ2v) is 8.23. The number of esters is 1. The number of nitrogens with zero attached hydrogens (tertiary/aromatic N) is 2. The van der Waals surface area contributed by atoms with Gasteiger partial charge in [-0.3, -0.25) is 9.78 Å². The molecule has 174 valence electrons. The summed E-state index contributed by atoms with van der Waals surface area (Å²) in [5.41, 5.74) is 0.905. The van der Waals surface area contributed by atoms with Gasteiger partial charge in [-0.1, -0.05) is 0 Å². The molecule has 1 aliphatic carbocycles. The van der Waals surface area contributed by atoms with Crippen LogP contribution in [-0.2, 0) is 14.3 Å². The monoisotopic (exact) mass is 444 g/mol. The Balaban J connectivity index is 1.47. The van der Waals surface area contributed by atoms with Crippen LogP contribution in [0.4, 0.5) is 18.9 Å². The summed E-state index contributed by atoms with van der Waals surface area (Å²) >= 11 is 0. The zero-order chi connectivity index (χ0) is 22.3. The largest absolute Gasteiger partial charge is 0.492 e. The summed E-state index contributed by atoms with van der Waals surface area (Å²) in [6.07, 6.45) is 1.57. The number of hydrogen-bond donors (Lipinski definition) is 0. The van der Waals surface area contributed by atoms with Crippen LogP contribution < -0.4 is 9.64 Å². The lowest BCUT2D eigenvalue weighted by molar-refractivity contribution is -0.184. The lowest BCUT2D eigenvalue weighted by atomic mass is 9.82. The van der Waals surface area contributed by atoms with Gasteiger partial charge in [0.25, 0.3) is 0 Å². The van der Waals surface area contributed by atoms with Crippen LogP contribution in [0.15, 0.2) is 18.5 Å². The first-order valence-electron chi connectivity index (χ1n) is 11.0. The number of anilines is 1. The highest BCUT2D eigenvalue weighted by atomic mass is 19.4. The zero-order valence-electron chi connectivity index (χ0n) is 17.9. The summed E-state index contributed by atoms with van der Waals surface area (Å²) < 4.78 is 55.0. The van der Waals surface area contributed by atoms with Crippen molar-refractivity contribution < 1.29 is 32.2 Å². The maximum absolute atomic E-state index is 12.8. The van der Waals surface area contributed by atoms with Crippen molar-refractivity contribution in [1.82, 2.24) is 4.98 Å². The summed E-state index contributed by atoms with van der Waals surface area (Å²) in [5.74, 6) is -0.640. The van der Waals surface area contributed by atoms with Crippen LogP contribution in [0.25, 0.3) is 0 Å². The second-order valence-electron chi connectivity index (χ2n) is 8.23. The van der Waals surface area contributed by atoms with Crippen LogP contribution in [0.2, 0.25) is 0 Å². The van der Waals surface area contributed by atoms with Crippen LogP contribution >= 0.6 is 0 Å². The molecule has 31 heavy (non-hydrogen) atoms. The topological polar surface area (TPSA) is 60.9 Å². The van der Waals surface area contributed by atoms with E-state index in [0.717, 1.165) is 5.69 Å². The Hall–Kier alpha value is -2.03. The molecule has 0 aromatic carbocycles. The number of morpholine rings is 1. The molecule has 2 heterocycles. The van der Waals surface area contributed by atoms with Crippen LogP contribution in [-0.4, -0.2) is 56.1 Å². The molecule has 0 spiro atoms. The molecule has 0 bridgehead atoms. The average Bonchev–Trinajstić information content (AvgIpc) is 2.77. The van der Waals surface area contributed by atoms with E-state index in [-0.39, 0.29) is 30.8 Å². The highest BCUT2D eigenvalue weighted by molar-refractivity contribution is 5.69. The minimum Gasteiger partial charge on any atom is -0.492 e. The second kappa shape index (κ2) is 11.0. The quantitative estimate of drug-likeness (QED) is 0.555. The van der Waals surface area contributed by atoms with E-state index >= 15 is 0 Å². The smallest absolute Gasteiger partial charge is 0.391 e. The van der Waals surface area contributed by atoms with E-state index in [0.29, 0.717) is 64.3 Å². The fourth-order valence-electron chi connectivity index (χ4n) is 4.17. The van der Waals surface area contributed by atoms with Crippen molar-refractivity contribution >= 4 is 11.7 Å². The lowest BCUT2D eigenvalue weighted by Gasteiger charge is -2.34. The van der Waals surface area contributed by atoms with Crippen molar-refractivity contribution in [2.24, 2.45) is 11.8 Å². The van der Waals surface area contributed by atoms with Crippen LogP contribution in [0.1, 0.15) is 45.4 Å². The Morgan fingerprint density at radius 2 is 2.03 bits per heavy atom. The molecular weight excluding hydrogens is 413 g/mol. The normalized spacial score (nSPS) is 24.6. The molecule has 6 nitrogen and oxygen atoms in total. The van der Waals surface area contributed by atoms with Crippen LogP contribution in [0, 0.1) is 11.8 Å². The van der Waals surface area contributed by atoms with Crippen LogP contribution in [0.3, 0.4) is 0 Å². The molecule has 3 rings (SSSR count). The Bertz CT molecular complexity index is 708. The highest BCUT2D eigenvalue weighted by Gasteiger charge is 2.41. The minimum absolute atomic E-state index is 0.0634.